The van der Waals surface area contributed by atoms with Gasteiger partial charge in [-0.25, -0.2) is 0 Å². The number of aromatic nitrogens is 2. The minimum Gasteiger partial charge on any atom is -0.497 e. The second kappa shape index (κ2) is 4.93. The first-order chi connectivity index (χ1) is 8.20. The second-order valence-corrected chi connectivity index (χ2v) is 3.76. The van der Waals surface area contributed by atoms with Crippen LogP contribution in [0.25, 0.3) is 0 Å². The molecule has 2 rings (SSSR count). The Kier molecular flexibility index (Phi) is 3.35. The molecular formula is C13H14N2O2. The maximum absolute atomic E-state index is 10.1. The van der Waals surface area contributed by atoms with Gasteiger partial charge < -0.3 is 9.84 Å². The zero-order valence-electron chi connectivity index (χ0n) is 9.79. The quantitative estimate of drug-likeness (QED) is 0.874. The van der Waals surface area contributed by atoms with E-state index in [-0.39, 0.29) is 0 Å². The van der Waals surface area contributed by atoms with E-state index in [4.69, 9.17) is 4.74 Å². The van der Waals surface area contributed by atoms with Crippen molar-refractivity contribution in [1.82, 2.24) is 9.97 Å². The van der Waals surface area contributed by atoms with Crippen LogP contribution in [0.5, 0.6) is 5.75 Å². The highest BCUT2D eigenvalue weighted by Gasteiger charge is 2.11. The minimum absolute atomic E-state index is 0.542. The molecule has 1 aromatic heterocycles. The number of hydrogen-bond acceptors (Lipinski definition) is 4. The maximum Gasteiger partial charge on any atom is 0.123 e. The van der Waals surface area contributed by atoms with E-state index in [0.717, 1.165) is 17.0 Å². The fourth-order valence-electron chi connectivity index (χ4n) is 1.50. The van der Waals surface area contributed by atoms with Crippen molar-refractivity contribution in [3.05, 3.63) is 53.6 Å². The standard InChI is InChI=1S/C13H14N2O2/c1-9-7-15-12(8-14-9)13(16)10-3-5-11(17-2)6-4-10/h3-8,13,16H,1-2H3. The van der Waals surface area contributed by atoms with Gasteiger partial charge in [0.2, 0.25) is 0 Å². The van der Waals surface area contributed by atoms with Crippen LogP contribution in [-0.4, -0.2) is 22.2 Å². The van der Waals surface area contributed by atoms with Gasteiger partial charge in [-0.1, -0.05) is 12.1 Å². The van der Waals surface area contributed by atoms with Crippen LogP contribution < -0.4 is 4.74 Å². The highest BCUT2D eigenvalue weighted by Crippen LogP contribution is 2.21. The molecule has 0 fully saturated rings. The first-order valence-corrected chi connectivity index (χ1v) is 5.31. The van der Waals surface area contributed by atoms with Gasteiger partial charge in [0, 0.05) is 6.20 Å². The molecule has 1 aromatic carbocycles. The third kappa shape index (κ3) is 2.60. The fourth-order valence-corrected chi connectivity index (χ4v) is 1.50. The van der Waals surface area contributed by atoms with Crippen molar-refractivity contribution in [2.75, 3.05) is 7.11 Å². The smallest absolute Gasteiger partial charge is 0.123 e. The van der Waals surface area contributed by atoms with E-state index < -0.39 is 6.10 Å². The van der Waals surface area contributed by atoms with E-state index in [2.05, 4.69) is 9.97 Å². The Balaban J connectivity index is 2.23. The molecule has 1 unspecified atom stereocenters. The lowest BCUT2D eigenvalue weighted by atomic mass is 10.1. The highest BCUT2D eigenvalue weighted by molar-refractivity contribution is 5.31. The summed E-state index contributed by atoms with van der Waals surface area (Å²) in [6.07, 6.45) is 2.47. The van der Waals surface area contributed by atoms with Gasteiger partial charge in [-0.15, -0.1) is 0 Å². The van der Waals surface area contributed by atoms with Crippen LogP contribution in [0.15, 0.2) is 36.7 Å². The van der Waals surface area contributed by atoms with E-state index in [1.807, 2.05) is 19.1 Å². The van der Waals surface area contributed by atoms with Crippen molar-refractivity contribution >= 4 is 0 Å². The molecule has 0 saturated heterocycles. The predicted octanol–water partition coefficient (Wildman–Crippen LogP) is 1.88. The summed E-state index contributed by atoms with van der Waals surface area (Å²) in [5, 5.41) is 10.1. The summed E-state index contributed by atoms with van der Waals surface area (Å²) < 4.78 is 5.06. The van der Waals surface area contributed by atoms with Gasteiger partial charge >= 0.3 is 0 Å². The van der Waals surface area contributed by atoms with Gasteiger partial charge in [0.1, 0.15) is 11.9 Å². The van der Waals surface area contributed by atoms with Crippen molar-refractivity contribution in [3.8, 4) is 5.75 Å². The zero-order chi connectivity index (χ0) is 12.3. The zero-order valence-corrected chi connectivity index (χ0v) is 9.79. The van der Waals surface area contributed by atoms with Crippen molar-refractivity contribution in [3.63, 3.8) is 0 Å². The van der Waals surface area contributed by atoms with Crippen molar-refractivity contribution in [2.24, 2.45) is 0 Å². The van der Waals surface area contributed by atoms with Crippen molar-refractivity contribution in [1.29, 1.82) is 0 Å². The van der Waals surface area contributed by atoms with Crippen LogP contribution in [0.4, 0.5) is 0 Å². The lowest BCUT2D eigenvalue weighted by molar-refractivity contribution is 0.214. The van der Waals surface area contributed by atoms with E-state index in [0.29, 0.717) is 5.69 Å². The molecule has 1 N–H and O–H groups in total. The van der Waals surface area contributed by atoms with Crippen molar-refractivity contribution in [2.45, 2.75) is 13.0 Å². The average Bonchev–Trinajstić information content (AvgIpc) is 2.39. The largest absolute Gasteiger partial charge is 0.497 e. The first-order valence-electron chi connectivity index (χ1n) is 5.31. The number of rotatable bonds is 3. The SMILES string of the molecule is COc1ccc(C(O)c2cnc(C)cn2)cc1. The van der Waals surface area contributed by atoms with Crippen LogP contribution >= 0.6 is 0 Å². The summed E-state index contributed by atoms with van der Waals surface area (Å²) in [4.78, 5) is 8.27. The molecule has 0 spiro atoms. The predicted molar refractivity (Wildman–Crippen MR) is 63.8 cm³/mol. The van der Waals surface area contributed by atoms with Crippen LogP contribution in [-0.2, 0) is 0 Å². The Morgan fingerprint density at radius 1 is 1.12 bits per heavy atom. The molecule has 0 amide bonds. The molecule has 2 aromatic rings. The first kappa shape index (κ1) is 11.5. The van der Waals surface area contributed by atoms with Gasteiger partial charge in [0.15, 0.2) is 0 Å². The van der Waals surface area contributed by atoms with Crippen LogP contribution in [0.3, 0.4) is 0 Å². The molecule has 0 aliphatic heterocycles. The third-order valence-corrected chi connectivity index (χ3v) is 2.51. The summed E-state index contributed by atoms with van der Waals surface area (Å²) in [6, 6.07) is 7.23. The monoisotopic (exact) mass is 230 g/mol. The molecule has 0 aliphatic carbocycles. The maximum atomic E-state index is 10.1. The normalized spacial score (nSPS) is 12.2. The van der Waals surface area contributed by atoms with E-state index in [1.54, 1.807) is 31.6 Å². The molecule has 1 atom stereocenters. The number of methoxy groups -OCH3 is 1. The Morgan fingerprint density at radius 3 is 2.35 bits per heavy atom. The second-order valence-electron chi connectivity index (χ2n) is 3.76. The number of aryl methyl sites for hydroxylation is 1. The average molecular weight is 230 g/mol. The number of aliphatic hydroxyl groups is 1. The number of hydrogen-bond donors (Lipinski definition) is 1. The van der Waals surface area contributed by atoms with Gasteiger partial charge in [-0.2, -0.15) is 0 Å². The molecule has 4 heteroatoms. The molecular weight excluding hydrogens is 216 g/mol. The summed E-state index contributed by atoms with van der Waals surface area (Å²) in [5.74, 6) is 0.760. The number of aliphatic hydroxyl groups excluding tert-OH is 1. The molecule has 0 aliphatic rings. The van der Waals surface area contributed by atoms with Crippen LogP contribution in [0.1, 0.15) is 23.1 Å². The van der Waals surface area contributed by atoms with Crippen LogP contribution in [0, 0.1) is 6.92 Å². The Bertz CT molecular complexity index is 480. The van der Waals surface area contributed by atoms with Gasteiger partial charge in [-0.05, 0) is 24.6 Å². The summed E-state index contributed by atoms with van der Waals surface area (Å²) in [5.41, 5.74) is 2.14. The fraction of sp³-hybridized carbons (Fsp3) is 0.231. The number of nitrogens with zero attached hydrogens (tertiary/aromatic N) is 2. The minimum atomic E-state index is -0.756. The third-order valence-electron chi connectivity index (χ3n) is 2.51. The molecule has 1 heterocycles. The summed E-state index contributed by atoms with van der Waals surface area (Å²) in [6.45, 7) is 1.86. The molecule has 4 nitrogen and oxygen atoms in total. The molecule has 0 radical (unpaired) electrons. The van der Waals surface area contributed by atoms with E-state index in [9.17, 15) is 5.11 Å². The lowest BCUT2D eigenvalue weighted by Gasteiger charge is -2.10. The van der Waals surface area contributed by atoms with E-state index >= 15 is 0 Å². The Hall–Kier alpha value is -1.94. The molecule has 0 bridgehead atoms. The summed E-state index contributed by atoms with van der Waals surface area (Å²) in [7, 11) is 1.61. The Morgan fingerprint density at radius 2 is 1.82 bits per heavy atom. The van der Waals surface area contributed by atoms with Gasteiger partial charge in [0.05, 0.1) is 24.7 Å². The Labute approximate surface area is 99.9 Å². The molecule has 17 heavy (non-hydrogen) atoms. The molecule has 88 valence electrons. The summed E-state index contributed by atoms with van der Waals surface area (Å²) >= 11 is 0. The molecule has 0 saturated carbocycles. The topological polar surface area (TPSA) is 55.2 Å². The highest BCUT2D eigenvalue weighted by atomic mass is 16.5. The van der Waals surface area contributed by atoms with Crippen molar-refractivity contribution < 1.29 is 9.84 Å². The van der Waals surface area contributed by atoms with Gasteiger partial charge in [0.25, 0.3) is 0 Å². The van der Waals surface area contributed by atoms with Crippen LogP contribution in [0.2, 0.25) is 0 Å². The number of ether oxygens (including phenoxy) is 1. The number of benzene rings is 1. The van der Waals surface area contributed by atoms with E-state index in [1.165, 1.54) is 0 Å². The van der Waals surface area contributed by atoms with Gasteiger partial charge in [-0.3, -0.25) is 9.97 Å². The lowest BCUT2D eigenvalue weighted by Crippen LogP contribution is -2.03.